The minimum absolute atomic E-state index is 0.0332. The van der Waals surface area contributed by atoms with E-state index in [-0.39, 0.29) is 5.92 Å². The van der Waals surface area contributed by atoms with E-state index in [1.165, 1.54) is 198 Å². The van der Waals surface area contributed by atoms with E-state index in [1.807, 2.05) is 0 Å². The van der Waals surface area contributed by atoms with E-state index >= 15 is 0 Å². The summed E-state index contributed by atoms with van der Waals surface area (Å²) in [5, 5.41) is 17.4. The summed E-state index contributed by atoms with van der Waals surface area (Å²) in [6, 6.07) is 179. The lowest BCUT2D eigenvalue weighted by molar-refractivity contribution is 0.769. The molecule has 29 rings (SSSR count). The molecule has 0 saturated heterocycles. The van der Waals surface area contributed by atoms with Gasteiger partial charge in [-0.1, -0.05) is 388 Å². The lowest BCUT2D eigenvalue weighted by atomic mass is 9.67. The lowest BCUT2D eigenvalue weighted by Gasteiger charge is -2.34. The highest BCUT2D eigenvalue weighted by molar-refractivity contribution is 6.29. The first-order chi connectivity index (χ1) is 66.5. The van der Waals surface area contributed by atoms with Crippen molar-refractivity contribution in [3.8, 4) is 73.0 Å². The zero-order valence-electron chi connectivity index (χ0n) is 73.0. The lowest BCUT2D eigenvalue weighted by Crippen LogP contribution is -2.28. The van der Waals surface area contributed by atoms with Crippen LogP contribution in [0.25, 0.3) is 192 Å². The second kappa shape index (κ2) is 29.6. The molecule has 0 bridgehead atoms. The van der Waals surface area contributed by atoms with Gasteiger partial charge in [0.05, 0.1) is 72.0 Å². The number of hydrogen-bond donors (Lipinski definition) is 0. The van der Waals surface area contributed by atoms with E-state index < -0.39 is 10.8 Å². The van der Waals surface area contributed by atoms with Crippen LogP contribution in [-0.4, -0.2) is 23.7 Å². The van der Waals surface area contributed by atoms with Crippen LogP contribution in [0, 0.1) is 0 Å². The molecule has 0 radical (unpaired) electrons. The van der Waals surface area contributed by atoms with Gasteiger partial charge in [0.25, 0.3) is 0 Å². The fourth-order valence-electron chi connectivity index (χ4n) is 24.1. The van der Waals surface area contributed by atoms with Crippen molar-refractivity contribution in [2.45, 2.75) is 16.7 Å². The highest BCUT2D eigenvalue weighted by Crippen LogP contribution is 2.61. The highest BCUT2D eigenvalue weighted by atomic mass is 15.0. The Bertz CT molecular complexity index is 9100. The zero-order chi connectivity index (χ0) is 87.9. The first-order valence-corrected chi connectivity index (χ1v) is 46.5. The second-order valence-corrected chi connectivity index (χ2v) is 36.3. The molecular weight excluding hydrogens is 1620 g/mol. The molecule has 5 heteroatoms. The smallest absolute Gasteiger partial charge is 0.0734 e. The number of nitrogens with zero attached hydrogens (tertiary/aromatic N) is 5. The van der Waals surface area contributed by atoms with Crippen LogP contribution in [-0.2, 0) is 10.8 Å². The van der Waals surface area contributed by atoms with E-state index in [2.05, 4.69) is 499 Å². The van der Waals surface area contributed by atoms with E-state index in [1.54, 1.807) is 0 Å². The highest BCUT2D eigenvalue weighted by Gasteiger charge is 2.49. The van der Waals surface area contributed by atoms with Gasteiger partial charge >= 0.3 is 0 Å². The van der Waals surface area contributed by atoms with Gasteiger partial charge in [0.15, 0.2) is 0 Å². The summed E-state index contributed by atoms with van der Waals surface area (Å²) in [6.07, 6.45) is 0. The van der Waals surface area contributed by atoms with Crippen LogP contribution in [0.3, 0.4) is 0 Å². The van der Waals surface area contributed by atoms with Crippen molar-refractivity contribution < 1.29 is 0 Å². The van der Waals surface area contributed by atoms with Gasteiger partial charge in [-0.15, -0.1) is 0 Å². The molecule has 0 amide bonds. The molecule has 0 unspecified atom stereocenters. The summed E-state index contributed by atoms with van der Waals surface area (Å²) in [5.74, 6) is 0.0332. The summed E-state index contributed by atoms with van der Waals surface area (Å²) in [7, 11) is 0. The second-order valence-electron chi connectivity index (χ2n) is 36.3. The maximum absolute atomic E-state index is 5.74. The average molecular weight is 1700 g/mol. The summed E-state index contributed by atoms with van der Waals surface area (Å²) < 4.78 is 7.32. The Morgan fingerprint density at radius 1 is 0.194 bits per heavy atom. The van der Waals surface area contributed by atoms with Crippen molar-refractivity contribution in [2.75, 3.05) is 0 Å². The third-order valence-corrected chi connectivity index (χ3v) is 29.7. The minimum atomic E-state index is -0.539. The number of benzene rings is 21. The summed E-state index contributed by atoms with van der Waals surface area (Å²) >= 11 is 0. The molecule has 5 heterocycles. The van der Waals surface area contributed by atoms with Crippen molar-refractivity contribution >= 4 is 120 Å². The fraction of sp³-hybridized carbons (Fsp3) is 0.0233. The Labute approximate surface area is 774 Å². The topological polar surface area (TPSA) is 40.6 Å². The van der Waals surface area contributed by atoms with E-state index in [0.717, 1.165) is 56.0 Å². The van der Waals surface area contributed by atoms with Crippen molar-refractivity contribution in [2.24, 2.45) is 0 Å². The van der Waals surface area contributed by atoms with Crippen LogP contribution in [0.1, 0.15) is 67.1 Å². The van der Waals surface area contributed by atoms with Crippen LogP contribution >= 0.6 is 0 Å². The Balaban J connectivity index is 0.000000134. The quantitative estimate of drug-likeness (QED) is 0.137. The number of fused-ring (bicyclic) bond motifs is 26. The third kappa shape index (κ3) is 10.9. The largest absolute Gasteiger partial charge is 0.309 e. The number of rotatable bonds is 10. The summed E-state index contributed by atoms with van der Waals surface area (Å²) in [6.45, 7) is 0. The van der Waals surface area contributed by atoms with Gasteiger partial charge in [0, 0.05) is 71.5 Å². The Morgan fingerprint density at radius 2 is 0.530 bits per heavy atom. The molecule has 3 aliphatic rings. The van der Waals surface area contributed by atoms with Crippen LogP contribution in [0.15, 0.2) is 485 Å². The fourth-order valence-corrected chi connectivity index (χ4v) is 24.1. The zero-order valence-corrected chi connectivity index (χ0v) is 73.0. The predicted molar refractivity (Wildman–Crippen MR) is 557 cm³/mol. The Hall–Kier alpha value is -17.4. The van der Waals surface area contributed by atoms with Gasteiger partial charge in [0.2, 0.25) is 0 Å². The van der Waals surface area contributed by atoms with Gasteiger partial charge in [-0.25, -0.2) is 9.97 Å². The molecule has 0 aliphatic heterocycles. The van der Waals surface area contributed by atoms with Gasteiger partial charge in [-0.05, 0) is 224 Å². The van der Waals surface area contributed by atoms with E-state index in [0.29, 0.717) is 0 Å². The number of para-hydroxylation sites is 3. The number of pyridine rings is 2. The molecule has 0 fully saturated rings. The predicted octanol–water partition coefficient (Wildman–Crippen LogP) is 32.4. The number of aromatic nitrogens is 5. The molecule has 5 aromatic heterocycles. The molecule has 0 N–H and O–H groups in total. The molecule has 134 heavy (non-hydrogen) atoms. The molecule has 5 nitrogen and oxygen atoms in total. The molecule has 21 aromatic carbocycles. The van der Waals surface area contributed by atoms with Crippen LogP contribution in [0.5, 0.6) is 0 Å². The first-order valence-electron chi connectivity index (χ1n) is 46.5. The minimum Gasteiger partial charge on any atom is -0.309 e. The average Bonchev–Trinajstić information content (AvgIpc) is 1.52. The van der Waals surface area contributed by atoms with Crippen molar-refractivity contribution in [3.63, 3.8) is 0 Å². The molecule has 622 valence electrons. The molecule has 0 saturated carbocycles. The van der Waals surface area contributed by atoms with Crippen molar-refractivity contribution in [1.29, 1.82) is 0 Å². The SMILES string of the molecule is c1ccc(C2(c3ccccc3)c3ccccc3-c3cc4c(-n5c6ccccc6c6ccccc65)cc(-c5ccc(-n6c7ccccc7c7c8ccccc8ccc76)cc5)nc4cc32)cc1.c1ccc(C2(c3ccccc3)c3ccccc3-c3cc4c(C5c6ccccc6-c6ccccc65)cc(-c5ccc(-n6c7ccc8ccccc8c7c7c8ccccc8ccc76)cc5)nc4cc32)cc1. The third-order valence-electron chi connectivity index (χ3n) is 29.7. The molecule has 26 aromatic rings. The van der Waals surface area contributed by atoms with Gasteiger partial charge in [-0.3, -0.25) is 0 Å². The standard InChI is InChI=1S/C67H42N2.C62H39N3/c1-3-19-45(20-4-1)67(46-21-5-2-6-22-46)58-30-16-15-27-52(58)55-39-56-57(64-53-28-13-11-25-50(53)51-26-12-14-29-54(51)64)40-60(68-61(56)41-59(55)67)44-31-35-47(36-32-44)69-62-37-33-42-17-7-9-23-48(42)65(62)66-49-24-10-8-18-43(49)34-38-63(66)69;1-3-18-42(19-4-1)62(43-20-5-2-6-21-43)52-27-13-9-23-46(52)50-37-51-55(38-53(50)62)63-54(39-60(51)65-56-28-14-10-24-47(56)48-25-11-15-29-57(48)65)41-31-34-44(35-32-41)64-58-30-16-12-26-49(58)61-45-22-8-7-17-40(45)33-36-59(61)64/h1-41,64H;1-39H. The summed E-state index contributed by atoms with van der Waals surface area (Å²) in [4.78, 5) is 11.4. The molecule has 3 aliphatic carbocycles. The monoisotopic (exact) mass is 1700 g/mol. The van der Waals surface area contributed by atoms with Gasteiger partial charge in [0.1, 0.15) is 0 Å². The van der Waals surface area contributed by atoms with E-state index in [9.17, 15) is 0 Å². The normalized spacial score (nSPS) is 13.3. The molecule has 0 spiro atoms. The van der Waals surface area contributed by atoms with Crippen LogP contribution < -0.4 is 0 Å². The number of hydrogen-bond acceptors (Lipinski definition) is 2. The molecule has 0 atom stereocenters. The summed E-state index contributed by atoms with van der Waals surface area (Å²) in [5.41, 5.74) is 37.0. The van der Waals surface area contributed by atoms with Crippen molar-refractivity contribution in [1.82, 2.24) is 23.7 Å². The maximum Gasteiger partial charge on any atom is 0.0734 e. The van der Waals surface area contributed by atoms with Gasteiger partial charge < -0.3 is 13.7 Å². The Morgan fingerprint density at radius 3 is 0.985 bits per heavy atom. The maximum atomic E-state index is 5.74. The van der Waals surface area contributed by atoms with Crippen LogP contribution in [0.2, 0.25) is 0 Å². The first kappa shape index (κ1) is 75.6. The molecular formula is C129H81N5. The van der Waals surface area contributed by atoms with Crippen molar-refractivity contribution in [3.05, 3.63) is 547 Å². The van der Waals surface area contributed by atoms with Crippen LogP contribution in [0.4, 0.5) is 0 Å². The van der Waals surface area contributed by atoms with E-state index in [4.69, 9.17) is 9.97 Å². The van der Waals surface area contributed by atoms with Gasteiger partial charge in [-0.2, -0.15) is 0 Å². The Kier molecular flexibility index (Phi) is 16.7.